The molecule has 26 heavy (non-hydrogen) atoms. The fourth-order valence-electron chi connectivity index (χ4n) is 2.11. The summed E-state index contributed by atoms with van der Waals surface area (Å²) in [7, 11) is -4.18. The Morgan fingerprint density at radius 2 is 1.69 bits per heavy atom. The number of hydrogen-bond acceptors (Lipinski definition) is 5. The summed E-state index contributed by atoms with van der Waals surface area (Å²) in [6, 6.07) is 5.43. The molecule has 0 fully saturated rings. The van der Waals surface area contributed by atoms with Crippen LogP contribution in [-0.4, -0.2) is 14.3 Å². The van der Waals surface area contributed by atoms with Gasteiger partial charge in [-0.1, -0.05) is 0 Å². The van der Waals surface area contributed by atoms with E-state index in [1.807, 2.05) is 12.3 Å². The lowest BCUT2D eigenvalue weighted by molar-refractivity contribution is 0.103. The van der Waals surface area contributed by atoms with E-state index in [0.717, 1.165) is 28.3 Å². The van der Waals surface area contributed by atoms with Crippen LogP contribution in [0.2, 0.25) is 0 Å². The second-order valence-electron chi connectivity index (χ2n) is 5.19. The molecular formula is C16H12F2N2O3S3. The number of hydrogen-bond donors (Lipinski definition) is 2. The van der Waals surface area contributed by atoms with Gasteiger partial charge in [-0.25, -0.2) is 17.2 Å². The maximum Gasteiger partial charge on any atom is 0.267 e. The van der Waals surface area contributed by atoms with Crippen molar-refractivity contribution < 1.29 is 22.0 Å². The minimum atomic E-state index is -4.18. The molecule has 1 aromatic carbocycles. The number of halogens is 2. The van der Waals surface area contributed by atoms with E-state index in [1.165, 1.54) is 17.4 Å². The molecule has 0 atom stereocenters. The summed E-state index contributed by atoms with van der Waals surface area (Å²) in [5.74, 6) is -2.89. The smallest absolute Gasteiger partial charge is 0.267 e. The van der Waals surface area contributed by atoms with Gasteiger partial charge in [0.15, 0.2) is 11.6 Å². The van der Waals surface area contributed by atoms with E-state index in [2.05, 4.69) is 10.0 Å². The van der Waals surface area contributed by atoms with Crippen molar-refractivity contribution in [3.8, 4) is 0 Å². The summed E-state index contributed by atoms with van der Waals surface area (Å²) < 4.78 is 53.3. The van der Waals surface area contributed by atoms with Crippen LogP contribution in [0.5, 0.6) is 0 Å². The lowest BCUT2D eigenvalue weighted by Crippen LogP contribution is -2.17. The van der Waals surface area contributed by atoms with Crippen LogP contribution in [0.1, 0.15) is 14.5 Å². The number of rotatable bonds is 5. The molecule has 1 amide bonds. The van der Waals surface area contributed by atoms with E-state index in [1.54, 1.807) is 11.4 Å². The van der Waals surface area contributed by atoms with Crippen molar-refractivity contribution in [3.05, 3.63) is 62.5 Å². The van der Waals surface area contributed by atoms with Crippen LogP contribution < -0.4 is 10.0 Å². The third kappa shape index (κ3) is 3.76. The summed E-state index contributed by atoms with van der Waals surface area (Å²) in [6.07, 6.45) is 0. The van der Waals surface area contributed by atoms with E-state index in [4.69, 9.17) is 0 Å². The van der Waals surface area contributed by atoms with Crippen molar-refractivity contribution in [3.63, 3.8) is 0 Å². The molecular weight excluding hydrogens is 402 g/mol. The number of nitrogens with one attached hydrogen (secondary N) is 2. The molecule has 2 aromatic heterocycles. The first kappa shape index (κ1) is 18.5. The van der Waals surface area contributed by atoms with E-state index >= 15 is 0 Å². The zero-order valence-corrected chi connectivity index (χ0v) is 15.7. The zero-order valence-electron chi connectivity index (χ0n) is 13.2. The Balaban J connectivity index is 1.85. The van der Waals surface area contributed by atoms with Crippen molar-refractivity contribution in [2.24, 2.45) is 0 Å². The Hall–Kier alpha value is -2.30. The number of carbonyl (C=O) groups excluding carboxylic acids is 1. The molecule has 2 heterocycles. The van der Waals surface area contributed by atoms with Gasteiger partial charge in [-0.2, -0.15) is 0 Å². The van der Waals surface area contributed by atoms with Crippen molar-refractivity contribution in [2.45, 2.75) is 11.8 Å². The highest BCUT2D eigenvalue weighted by Gasteiger charge is 2.21. The van der Waals surface area contributed by atoms with Gasteiger partial charge in [-0.3, -0.25) is 9.52 Å². The predicted molar refractivity (Wildman–Crippen MR) is 98.5 cm³/mol. The van der Waals surface area contributed by atoms with Gasteiger partial charge < -0.3 is 5.32 Å². The summed E-state index contributed by atoms with van der Waals surface area (Å²) in [5.41, 5.74) is 0.702. The number of carbonyl (C=O) groups is 1. The Bertz CT molecular complexity index is 1070. The van der Waals surface area contributed by atoms with Crippen LogP contribution in [0.4, 0.5) is 20.2 Å². The lowest BCUT2D eigenvalue weighted by atomic mass is 10.3. The minimum Gasteiger partial charge on any atom is -0.320 e. The molecule has 5 nitrogen and oxygen atoms in total. The normalized spacial score (nSPS) is 11.3. The van der Waals surface area contributed by atoms with Gasteiger partial charge in [0.25, 0.3) is 15.9 Å². The van der Waals surface area contributed by atoms with E-state index in [9.17, 15) is 22.0 Å². The number of anilines is 2. The number of benzene rings is 1. The first-order valence-electron chi connectivity index (χ1n) is 7.19. The molecule has 3 aromatic rings. The molecule has 0 spiro atoms. The standard InChI is InChI=1S/C16H12F2N2O3S3/c1-9-13(4-6-24-9)19-16(21)15-14(5-7-25-15)20-26(22,23)10-2-3-11(17)12(18)8-10/h2-8,20H,1H3,(H,19,21). The Morgan fingerprint density at radius 3 is 2.35 bits per heavy atom. The van der Waals surface area contributed by atoms with Crippen LogP contribution in [0.15, 0.2) is 46.0 Å². The predicted octanol–water partition coefficient (Wildman–Crippen LogP) is 4.45. The average molecular weight is 414 g/mol. The van der Waals surface area contributed by atoms with E-state index in [-0.39, 0.29) is 10.6 Å². The largest absolute Gasteiger partial charge is 0.320 e. The first-order valence-corrected chi connectivity index (χ1v) is 10.4. The lowest BCUT2D eigenvalue weighted by Gasteiger charge is -2.09. The number of amides is 1. The highest BCUT2D eigenvalue weighted by atomic mass is 32.2. The zero-order chi connectivity index (χ0) is 18.9. The number of thiophene rings is 2. The molecule has 0 aliphatic rings. The molecule has 10 heteroatoms. The monoisotopic (exact) mass is 414 g/mol. The molecule has 2 N–H and O–H groups in total. The van der Waals surface area contributed by atoms with Crippen LogP contribution >= 0.6 is 22.7 Å². The van der Waals surface area contributed by atoms with Gasteiger partial charge in [0, 0.05) is 4.88 Å². The SMILES string of the molecule is Cc1sccc1NC(=O)c1sccc1NS(=O)(=O)c1ccc(F)c(F)c1. The summed E-state index contributed by atoms with van der Waals surface area (Å²) >= 11 is 2.53. The second kappa shape index (κ2) is 7.14. The number of aryl methyl sites for hydroxylation is 1. The van der Waals surface area contributed by atoms with Crippen molar-refractivity contribution in [1.82, 2.24) is 0 Å². The summed E-state index contributed by atoms with van der Waals surface area (Å²) in [4.78, 5) is 13.1. The fraction of sp³-hybridized carbons (Fsp3) is 0.0625. The quantitative estimate of drug-likeness (QED) is 0.648. The van der Waals surface area contributed by atoms with Crippen molar-refractivity contribution >= 4 is 50.0 Å². The highest BCUT2D eigenvalue weighted by molar-refractivity contribution is 7.92. The molecule has 0 saturated heterocycles. The molecule has 0 aliphatic heterocycles. The number of sulfonamides is 1. The Labute approximate surface area is 156 Å². The van der Waals surface area contributed by atoms with Gasteiger partial charge in [-0.05, 0) is 48.0 Å². The second-order valence-corrected chi connectivity index (χ2v) is 8.91. The minimum absolute atomic E-state index is 0.0603. The van der Waals surface area contributed by atoms with Gasteiger partial charge in [-0.15, -0.1) is 22.7 Å². The highest BCUT2D eigenvalue weighted by Crippen LogP contribution is 2.28. The van der Waals surface area contributed by atoms with Crippen molar-refractivity contribution in [2.75, 3.05) is 10.0 Å². The molecule has 136 valence electrons. The molecule has 0 bridgehead atoms. The molecule has 3 rings (SSSR count). The van der Waals surface area contributed by atoms with Crippen LogP contribution in [-0.2, 0) is 10.0 Å². The molecule has 0 radical (unpaired) electrons. The summed E-state index contributed by atoms with van der Waals surface area (Å²) in [6.45, 7) is 1.85. The van der Waals surface area contributed by atoms with Crippen LogP contribution in [0.3, 0.4) is 0 Å². The summed E-state index contributed by atoms with van der Waals surface area (Å²) in [5, 5.41) is 6.09. The molecule has 0 aliphatic carbocycles. The maximum atomic E-state index is 13.3. The fourth-order valence-corrected chi connectivity index (χ4v) is 4.65. The first-order chi connectivity index (χ1) is 12.3. The van der Waals surface area contributed by atoms with Crippen LogP contribution in [0, 0.1) is 18.6 Å². The van der Waals surface area contributed by atoms with Crippen molar-refractivity contribution in [1.29, 1.82) is 0 Å². The van der Waals surface area contributed by atoms with Gasteiger partial charge in [0.1, 0.15) is 4.88 Å². The van der Waals surface area contributed by atoms with Gasteiger partial charge >= 0.3 is 0 Å². The Morgan fingerprint density at radius 1 is 1.00 bits per heavy atom. The molecule has 0 unspecified atom stereocenters. The van der Waals surface area contributed by atoms with E-state index in [0.29, 0.717) is 11.8 Å². The van der Waals surface area contributed by atoms with Crippen LogP contribution in [0.25, 0.3) is 0 Å². The average Bonchev–Trinajstić information content (AvgIpc) is 3.19. The third-order valence-corrected chi connectivity index (χ3v) is 6.55. The van der Waals surface area contributed by atoms with Gasteiger partial charge in [0.05, 0.1) is 16.3 Å². The van der Waals surface area contributed by atoms with Gasteiger partial charge in [0.2, 0.25) is 0 Å². The Kier molecular flexibility index (Phi) is 5.08. The third-order valence-electron chi connectivity index (χ3n) is 3.42. The molecule has 0 saturated carbocycles. The topological polar surface area (TPSA) is 75.3 Å². The van der Waals surface area contributed by atoms with E-state index < -0.39 is 32.5 Å². The maximum absolute atomic E-state index is 13.3.